The quantitative estimate of drug-likeness (QED) is 0.834. The van der Waals surface area contributed by atoms with Crippen LogP contribution in [0.1, 0.15) is 18.4 Å². The van der Waals surface area contributed by atoms with Gasteiger partial charge in [-0.2, -0.15) is 0 Å². The summed E-state index contributed by atoms with van der Waals surface area (Å²) in [5.74, 6) is 0.228. The van der Waals surface area contributed by atoms with Crippen molar-refractivity contribution in [2.45, 2.75) is 26.5 Å². The molecule has 17 heavy (non-hydrogen) atoms. The molecule has 2 N–H and O–H groups in total. The smallest absolute Gasteiger partial charge is 0.248 e. The summed E-state index contributed by atoms with van der Waals surface area (Å²) in [6, 6.07) is 5.53. The molecule has 2 rings (SSSR count). The third-order valence-corrected chi connectivity index (χ3v) is 2.41. The van der Waals surface area contributed by atoms with Gasteiger partial charge in [0.15, 0.2) is 11.5 Å². The van der Waals surface area contributed by atoms with Gasteiger partial charge in [-0.25, -0.2) is 4.98 Å². The van der Waals surface area contributed by atoms with Crippen LogP contribution in [0.4, 0.5) is 0 Å². The van der Waals surface area contributed by atoms with E-state index in [1.165, 1.54) is 6.92 Å². The van der Waals surface area contributed by atoms with E-state index in [2.05, 4.69) is 10.3 Å². The summed E-state index contributed by atoms with van der Waals surface area (Å²) < 4.78 is 5.35. The molecular weight excluding hydrogens is 220 g/mol. The van der Waals surface area contributed by atoms with Gasteiger partial charge in [0.25, 0.3) is 0 Å². The Morgan fingerprint density at radius 3 is 3.06 bits per heavy atom. The first-order valence-corrected chi connectivity index (χ1v) is 5.38. The lowest BCUT2D eigenvalue weighted by Crippen LogP contribution is -2.31. The number of fused-ring (bicyclic) bond motifs is 1. The summed E-state index contributed by atoms with van der Waals surface area (Å²) in [5.41, 5.74) is 2.42. The fourth-order valence-electron chi connectivity index (χ4n) is 1.54. The van der Waals surface area contributed by atoms with Crippen LogP contribution in [-0.4, -0.2) is 22.1 Å². The summed E-state index contributed by atoms with van der Waals surface area (Å²) in [6.07, 6.45) is -0.993. The van der Waals surface area contributed by atoms with E-state index >= 15 is 0 Å². The van der Waals surface area contributed by atoms with Gasteiger partial charge in [0.05, 0.1) is 0 Å². The predicted molar refractivity (Wildman–Crippen MR) is 62.3 cm³/mol. The number of aryl methyl sites for hydroxylation is 1. The van der Waals surface area contributed by atoms with Crippen LogP contribution in [0, 0.1) is 6.92 Å². The van der Waals surface area contributed by atoms with Crippen molar-refractivity contribution in [3.05, 3.63) is 29.7 Å². The van der Waals surface area contributed by atoms with Gasteiger partial charge in [-0.3, -0.25) is 4.79 Å². The Morgan fingerprint density at radius 1 is 1.59 bits per heavy atom. The second-order valence-electron chi connectivity index (χ2n) is 3.93. The molecule has 5 heteroatoms. The number of oxazole rings is 1. The van der Waals surface area contributed by atoms with Crippen molar-refractivity contribution in [1.29, 1.82) is 0 Å². The average molecular weight is 234 g/mol. The first kappa shape index (κ1) is 11.6. The second-order valence-corrected chi connectivity index (χ2v) is 3.93. The normalized spacial score (nSPS) is 12.6. The Morgan fingerprint density at radius 2 is 2.35 bits per heavy atom. The summed E-state index contributed by atoms with van der Waals surface area (Å²) >= 11 is 0. The minimum atomic E-state index is -0.993. The fourth-order valence-corrected chi connectivity index (χ4v) is 1.54. The number of carbonyl (C=O) groups excluding carboxylic acids is 1. The first-order chi connectivity index (χ1) is 8.06. The molecule has 1 amide bonds. The number of nitrogens with zero attached hydrogens (tertiary/aromatic N) is 1. The van der Waals surface area contributed by atoms with Crippen molar-refractivity contribution in [3.8, 4) is 0 Å². The van der Waals surface area contributed by atoms with Crippen molar-refractivity contribution in [1.82, 2.24) is 10.3 Å². The van der Waals surface area contributed by atoms with Crippen molar-refractivity contribution in [2.75, 3.05) is 0 Å². The Labute approximate surface area is 98.5 Å². The third kappa shape index (κ3) is 2.62. The van der Waals surface area contributed by atoms with E-state index in [9.17, 15) is 4.79 Å². The van der Waals surface area contributed by atoms with Crippen LogP contribution in [0.2, 0.25) is 0 Å². The van der Waals surface area contributed by atoms with Crippen molar-refractivity contribution >= 4 is 17.0 Å². The van der Waals surface area contributed by atoms with Gasteiger partial charge in [0.1, 0.15) is 11.6 Å². The van der Waals surface area contributed by atoms with Gasteiger partial charge in [0.2, 0.25) is 5.91 Å². The number of aliphatic hydroxyl groups is 1. The van der Waals surface area contributed by atoms with Crippen LogP contribution < -0.4 is 5.32 Å². The number of benzene rings is 1. The second kappa shape index (κ2) is 4.55. The lowest BCUT2D eigenvalue weighted by atomic mass is 10.2. The maximum atomic E-state index is 11.2. The van der Waals surface area contributed by atoms with Gasteiger partial charge in [-0.05, 0) is 24.6 Å². The zero-order valence-corrected chi connectivity index (χ0v) is 9.73. The van der Waals surface area contributed by atoms with E-state index in [-0.39, 0.29) is 5.91 Å². The van der Waals surface area contributed by atoms with Crippen LogP contribution >= 0.6 is 0 Å². The zero-order valence-electron chi connectivity index (χ0n) is 9.73. The molecule has 0 aliphatic rings. The van der Waals surface area contributed by atoms with Gasteiger partial charge >= 0.3 is 0 Å². The molecule has 0 saturated heterocycles. The molecule has 1 unspecified atom stereocenters. The number of nitrogens with one attached hydrogen (secondary N) is 1. The molecule has 0 bridgehead atoms. The van der Waals surface area contributed by atoms with Crippen molar-refractivity contribution < 1.29 is 14.3 Å². The Kier molecular flexibility index (Phi) is 3.10. The Hall–Kier alpha value is -1.88. The minimum Gasteiger partial charge on any atom is -0.441 e. The standard InChI is InChI=1S/C12H14N2O3/c1-7(15)12(16)13-6-9-3-4-11-10(5-9)14-8(2)17-11/h3-5,7,15H,6H2,1-2H3,(H,13,16). The summed E-state index contributed by atoms with van der Waals surface area (Å²) in [7, 11) is 0. The number of aromatic nitrogens is 1. The number of aliphatic hydroxyl groups excluding tert-OH is 1. The highest BCUT2D eigenvalue weighted by atomic mass is 16.3. The van der Waals surface area contributed by atoms with Crippen LogP contribution in [0.5, 0.6) is 0 Å². The van der Waals surface area contributed by atoms with E-state index < -0.39 is 6.10 Å². The number of amides is 1. The largest absolute Gasteiger partial charge is 0.441 e. The maximum Gasteiger partial charge on any atom is 0.248 e. The molecule has 0 spiro atoms. The number of hydrogen-bond donors (Lipinski definition) is 2. The zero-order chi connectivity index (χ0) is 12.4. The fraction of sp³-hybridized carbons (Fsp3) is 0.333. The summed E-state index contributed by atoms with van der Waals surface area (Å²) in [6.45, 7) is 3.58. The highest BCUT2D eigenvalue weighted by Crippen LogP contribution is 2.16. The molecule has 0 fully saturated rings. The number of hydrogen-bond acceptors (Lipinski definition) is 4. The number of carbonyl (C=O) groups is 1. The predicted octanol–water partition coefficient (Wildman–Crippen LogP) is 1.13. The molecule has 0 aliphatic carbocycles. The van der Waals surface area contributed by atoms with Crippen LogP contribution in [0.15, 0.2) is 22.6 Å². The lowest BCUT2D eigenvalue weighted by molar-refractivity contribution is -0.128. The monoisotopic (exact) mass is 234 g/mol. The Balaban J connectivity index is 2.11. The molecule has 1 heterocycles. The molecule has 1 aromatic heterocycles. The molecule has 0 saturated carbocycles. The SMILES string of the molecule is Cc1nc2cc(CNC(=O)C(C)O)ccc2o1. The molecule has 2 aromatic rings. The number of rotatable bonds is 3. The van der Waals surface area contributed by atoms with E-state index in [0.29, 0.717) is 12.4 Å². The lowest BCUT2D eigenvalue weighted by Gasteiger charge is -2.06. The highest BCUT2D eigenvalue weighted by molar-refractivity contribution is 5.80. The maximum absolute atomic E-state index is 11.2. The Bertz CT molecular complexity index is 546. The molecule has 5 nitrogen and oxygen atoms in total. The van der Waals surface area contributed by atoms with E-state index in [4.69, 9.17) is 9.52 Å². The van der Waals surface area contributed by atoms with Crippen LogP contribution in [0.25, 0.3) is 11.1 Å². The van der Waals surface area contributed by atoms with E-state index in [1.807, 2.05) is 18.2 Å². The molecule has 90 valence electrons. The molecular formula is C12H14N2O3. The van der Waals surface area contributed by atoms with Crippen LogP contribution in [-0.2, 0) is 11.3 Å². The minimum absolute atomic E-state index is 0.367. The molecule has 1 aromatic carbocycles. The van der Waals surface area contributed by atoms with Gasteiger partial charge in [-0.15, -0.1) is 0 Å². The highest BCUT2D eigenvalue weighted by Gasteiger charge is 2.08. The average Bonchev–Trinajstić information content (AvgIpc) is 2.64. The van der Waals surface area contributed by atoms with E-state index in [0.717, 1.165) is 16.7 Å². The van der Waals surface area contributed by atoms with E-state index in [1.54, 1.807) is 6.92 Å². The molecule has 0 aliphatic heterocycles. The van der Waals surface area contributed by atoms with Crippen molar-refractivity contribution in [2.24, 2.45) is 0 Å². The van der Waals surface area contributed by atoms with Crippen LogP contribution in [0.3, 0.4) is 0 Å². The molecule has 0 radical (unpaired) electrons. The summed E-state index contributed by atoms with van der Waals surface area (Å²) in [4.78, 5) is 15.4. The van der Waals surface area contributed by atoms with Gasteiger partial charge in [0, 0.05) is 13.5 Å². The third-order valence-electron chi connectivity index (χ3n) is 2.41. The first-order valence-electron chi connectivity index (χ1n) is 5.38. The summed E-state index contributed by atoms with van der Waals surface area (Å²) in [5, 5.41) is 11.7. The molecule has 1 atom stereocenters. The van der Waals surface area contributed by atoms with Crippen molar-refractivity contribution in [3.63, 3.8) is 0 Å². The topological polar surface area (TPSA) is 75.4 Å². The van der Waals surface area contributed by atoms with Gasteiger partial charge in [-0.1, -0.05) is 6.07 Å². The van der Waals surface area contributed by atoms with Gasteiger partial charge < -0.3 is 14.8 Å².